The normalized spacial score (nSPS) is 13.8. The second-order valence-corrected chi connectivity index (χ2v) is 3.78. The van der Waals surface area contributed by atoms with Crippen molar-refractivity contribution in [2.45, 2.75) is 0 Å². The summed E-state index contributed by atoms with van der Waals surface area (Å²) in [5, 5.41) is 1.37. The number of hydrogen-bond donors (Lipinski definition) is 2. The summed E-state index contributed by atoms with van der Waals surface area (Å²) in [7, 11) is 1.64. The van der Waals surface area contributed by atoms with E-state index >= 15 is 0 Å². The van der Waals surface area contributed by atoms with Crippen LogP contribution in [0.15, 0.2) is 30.6 Å². The van der Waals surface area contributed by atoms with Gasteiger partial charge in [0.25, 0.3) is 5.88 Å². The number of rotatable bonds is 2. The number of halogens is 1. The smallest absolute Gasteiger partial charge is 0.386 e. The second-order valence-electron chi connectivity index (χ2n) is 3.78. The first-order valence-electron chi connectivity index (χ1n) is 5.48. The lowest BCUT2D eigenvalue weighted by Crippen LogP contribution is -2.54. The van der Waals surface area contributed by atoms with E-state index in [4.69, 9.17) is 4.74 Å². The molecule has 8 heteroatoms. The zero-order chi connectivity index (χ0) is 13.4. The highest BCUT2D eigenvalue weighted by atomic mass is 19.1. The Kier molecular flexibility index (Phi) is 2.57. The van der Waals surface area contributed by atoms with Gasteiger partial charge < -0.3 is 4.74 Å². The number of ether oxygens (including phenoxy) is 1. The summed E-state index contributed by atoms with van der Waals surface area (Å²) in [5.41, 5.74) is 5.93. The molecule has 2 aromatic rings. The van der Waals surface area contributed by atoms with Gasteiger partial charge in [-0.25, -0.2) is 20.0 Å². The lowest BCUT2D eigenvalue weighted by molar-refractivity contribution is 0.191. The van der Waals surface area contributed by atoms with Crippen LogP contribution in [-0.2, 0) is 0 Å². The highest BCUT2D eigenvalue weighted by molar-refractivity contribution is 5.77. The summed E-state index contributed by atoms with van der Waals surface area (Å²) in [6.45, 7) is 0. The fourth-order valence-electron chi connectivity index (χ4n) is 1.81. The molecular weight excluding hydrogens is 253 g/mol. The Labute approximate surface area is 107 Å². The number of carbonyl (C=O) groups is 1. The fourth-order valence-corrected chi connectivity index (χ4v) is 1.81. The van der Waals surface area contributed by atoms with Crippen LogP contribution < -0.4 is 20.7 Å². The van der Waals surface area contributed by atoms with Gasteiger partial charge >= 0.3 is 6.09 Å². The van der Waals surface area contributed by atoms with Gasteiger partial charge in [0.1, 0.15) is 12.1 Å². The number of nitrogens with one attached hydrogen (secondary N) is 2. The van der Waals surface area contributed by atoms with Crippen molar-refractivity contribution in [2.75, 3.05) is 12.2 Å². The minimum Gasteiger partial charge on any atom is -0.386 e. The van der Waals surface area contributed by atoms with Crippen LogP contribution in [0.5, 0.6) is 5.88 Å². The summed E-state index contributed by atoms with van der Waals surface area (Å²) in [6, 6.07) is 5.88. The van der Waals surface area contributed by atoms with Crippen molar-refractivity contribution in [1.29, 1.82) is 0 Å². The standard InChI is InChI=1S/C11H10FN5O2/c1-13-17-10-9(19-11(18)15-17)14-6-16(10)8-4-2-7(12)3-5-8/h2-6,13H,1H3,(H,15,18). The van der Waals surface area contributed by atoms with Crippen molar-refractivity contribution in [3.63, 3.8) is 0 Å². The van der Waals surface area contributed by atoms with Gasteiger partial charge in [-0.2, -0.15) is 10.1 Å². The summed E-state index contributed by atoms with van der Waals surface area (Å²) in [5.74, 6) is 0.337. The predicted octanol–water partition coefficient (Wildman–Crippen LogP) is 0.969. The first-order valence-corrected chi connectivity index (χ1v) is 5.48. The Hall–Kier alpha value is -2.61. The molecule has 1 aromatic carbocycles. The molecule has 0 unspecified atom stereocenters. The molecule has 0 saturated heterocycles. The average Bonchev–Trinajstić information content (AvgIpc) is 2.82. The second kappa shape index (κ2) is 4.25. The number of carbonyl (C=O) groups excluding carboxylic acids is 1. The van der Waals surface area contributed by atoms with E-state index in [1.54, 1.807) is 23.7 Å². The average molecular weight is 263 g/mol. The van der Waals surface area contributed by atoms with Gasteiger partial charge in [0, 0.05) is 12.7 Å². The van der Waals surface area contributed by atoms with Gasteiger partial charge in [-0.3, -0.25) is 4.57 Å². The number of fused-ring (bicyclic) bond motifs is 1. The maximum Gasteiger partial charge on any atom is 0.434 e. The Morgan fingerprint density at radius 3 is 2.79 bits per heavy atom. The van der Waals surface area contributed by atoms with E-state index in [2.05, 4.69) is 15.8 Å². The van der Waals surface area contributed by atoms with Crippen LogP contribution in [0.2, 0.25) is 0 Å². The number of benzene rings is 1. The molecule has 0 saturated carbocycles. The van der Waals surface area contributed by atoms with Gasteiger partial charge in [-0.05, 0) is 24.3 Å². The molecule has 0 fully saturated rings. The first-order chi connectivity index (χ1) is 9.19. The molecule has 0 aliphatic carbocycles. The van der Waals surface area contributed by atoms with Crippen LogP contribution in [0.3, 0.4) is 0 Å². The van der Waals surface area contributed by atoms with Crippen molar-refractivity contribution in [3.8, 4) is 11.6 Å². The molecule has 1 aromatic heterocycles. The largest absolute Gasteiger partial charge is 0.434 e. The van der Waals surface area contributed by atoms with E-state index < -0.39 is 6.09 Å². The third-order valence-corrected chi connectivity index (χ3v) is 2.64. The molecule has 2 N–H and O–H groups in total. The van der Waals surface area contributed by atoms with E-state index in [1.165, 1.54) is 23.6 Å². The lowest BCUT2D eigenvalue weighted by Gasteiger charge is -2.27. The number of anilines is 1. The third kappa shape index (κ3) is 1.87. The Bertz CT molecular complexity index is 625. The van der Waals surface area contributed by atoms with E-state index in [9.17, 15) is 9.18 Å². The van der Waals surface area contributed by atoms with Crippen molar-refractivity contribution in [1.82, 2.24) is 20.4 Å². The van der Waals surface area contributed by atoms with Gasteiger partial charge in [0.2, 0.25) is 5.82 Å². The predicted molar refractivity (Wildman–Crippen MR) is 64.2 cm³/mol. The first kappa shape index (κ1) is 11.5. The molecule has 3 rings (SSSR count). The van der Waals surface area contributed by atoms with Crippen molar-refractivity contribution < 1.29 is 13.9 Å². The molecule has 98 valence electrons. The van der Waals surface area contributed by atoms with Crippen LogP contribution >= 0.6 is 0 Å². The zero-order valence-corrected chi connectivity index (χ0v) is 9.92. The quantitative estimate of drug-likeness (QED) is 0.844. The molecular formula is C11H10FN5O2. The van der Waals surface area contributed by atoms with Crippen molar-refractivity contribution in [3.05, 3.63) is 36.4 Å². The minimum atomic E-state index is -0.633. The topological polar surface area (TPSA) is 71.4 Å². The Balaban J connectivity index is 2.09. The molecule has 1 aliphatic heterocycles. The SMILES string of the molecule is CNN1NC(=O)Oc2ncn(-c3ccc(F)cc3)c21. The molecule has 7 nitrogen and oxygen atoms in total. The van der Waals surface area contributed by atoms with Gasteiger partial charge in [-0.15, -0.1) is 0 Å². The number of amides is 1. The molecule has 0 atom stereocenters. The van der Waals surface area contributed by atoms with E-state index in [1.807, 2.05) is 0 Å². The van der Waals surface area contributed by atoms with E-state index in [-0.39, 0.29) is 11.7 Å². The summed E-state index contributed by atoms with van der Waals surface area (Å²) in [4.78, 5) is 15.3. The number of imidazole rings is 1. The third-order valence-electron chi connectivity index (χ3n) is 2.64. The van der Waals surface area contributed by atoms with Gasteiger partial charge in [-0.1, -0.05) is 0 Å². The van der Waals surface area contributed by atoms with Crippen LogP contribution in [0, 0.1) is 5.82 Å². The molecule has 1 amide bonds. The molecule has 2 heterocycles. The monoisotopic (exact) mass is 263 g/mol. The number of nitrogens with zero attached hydrogens (tertiary/aromatic N) is 3. The summed E-state index contributed by atoms with van der Waals surface area (Å²) >= 11 is 0. The van der Waals surface area contributed by atoms with E-state index in [0.717, 1.165) is 0 Å². The maximum atomic E-state index is 12.9. The Morgan fingerprint density at radius 1 is 1.37 bits per heavy atom. The summed E-state index contributed by atoms with van der Waals surface area (Å²) < 4.78 is 19.5. The Morgan fingerprint density at radius 2 is 2.11 bits per heavy atom. The summed E-state index contributed by atoms with van der Waals surface area (Å²) in [6.07, 6.45) is 0.855. The molecule has 19 heavy (non-hydrogen) atoms. The van der Waals surface area contributed by atoms with Crippen LogP contribution in [0.4, 0.5) is 15.0 Å². The highest BCUT2D eigenvalue weighted by Crippen LogP contribution is 2.30. The van der Waals surface area contributed by atoms with Gasteiger partial charge in [0.05, 0.1) is 0 Å². The molecule has 0 bridgehead atoms. The molecule has 0 radical (unpaired) electrons. The number of aromatic nitrogens is 2. The minimum absolute atomic E-state index is 0.169. The number of hydrazine groups is 2. The number of hydrogen-bond acceptors (Lipinski definition) is 5. The molecule has 1 aliphatic rings. The van der Waals surface area contributed by atoms with Crippen LogP contribution in [0.25, 0.3) is 5.69 Å². The van der Waals surface area contributed by atoms with Crippen LogP contribution in [0.1, 0.15) is 0 Å². The fraction of sp³-hybridized carbons (Fsp3) is 0.0909. The molecule has 0 spiro atoms. The van der Waals surface area contributed by atoms with Gasteiger partial charge in [0.15, 0.2) is 0 Å². The van der Waals surface area contributed by atoms with Crippen molar-refractivity contribution in [2.24, 2.45) is 0 Å². The zero-order valence-electron chi connectivity index (χ0n) is 9.92. The lowest BCUT2D eigenvalue weighted by atomic mass is 10.3. The maximum absolute atomic E-state index is 12.9. The van der Waals surface area contributed by atoms with E-state index in [0.29, 0.717) is 11.5 Å². The van der Waals surface area contributed by atoms with Crippen molar-refractivity contribution >= 4 is 11.9 Å². The van der Waals surface area contributed by atoms with Crippen LogP contribution in [-0.4, -0.2) is 22.7 Å². The highest BCUT2D eigenvalue weighted by Gasteiger charge is 2.28.